The molecule has 0 unspecified atom stereocenters. The van der Waals surface area contributed by atoms with Gasteiger partial charge in [-0.3, -0.25) is 4.79 Å². The summed E-state index contributed by atoms with van der Waals surface area (Å²) in [6, 6.07) is 5.89. The van der Waals surface area contributed by atoms with E-state index in [0.29, 0.717) is 13.0 Å². The lowest BCUT2D eigenvalue weighted by atomic mass is 10.3. The van der Waals surface area contributed by atoms with Crippen LogP contribution in [0.4, 0.5) is 0 Å². The molecule has 2 aromatic heterocycles. The highest BCUT2D eigenvalue weighted by atomic mass is 32.1. The summed E-state index contributed by atoms with van der Waals surface area (Å²) < 4.78 is 5.29. The van der Waals surface area contributed by atoms with Crippen LogP contribution in [0.5, 0.6) is 0 Å². The predicted molar refractivity (Wildman–Crippen MR) is 73.0 cm³/mol. The van der Waals surface area contributed by atoms with E-state index in [1.54, 1.807) is 11.3 Å². The number of aliphatic carboxylic acids is 1. The van der Waals surface area contributed by atoms with Gasteiger partial charge in [0.1, 0.15) is 0 Å². The van der Waals surface area contributed by atoms with Crippen molar-refractivity contribution in [1.82, 2.24) is 10.1 Å². The molecule has 19 heavy (non-hydrogen) atoms. The first-order chi connectivity index (χ1) is 9.15. The molecule has 0 saturated carbocycles. The summed E-state index contributed by atoms with van der Waals surface area (Å²) in [5, 5.41) is 14.6. The number of hydrogen-bond donors (Lipinski definition) is 1. The standard InChI is InChI=1S/C13H16N2O3S/c1-15(6-2-5-13(16)17)9-10-8-11(18-14-10)12-4-3-7-19-12/h3-4,7-8H,2,5-6,9H2,1H3,(H,16,17). The highest BCUT2D eigenvalue weighted by Crippen LogP contribution is 2.25. The third-order valence-corrected chi connectivity index (χ3v) is 3.57. The lowest BCUT2D eigenvalue weighted by Gasteiger charge is -2.13. The van der Waals surface area contributed by atoms with Gasteiger partial charge in [-0.1, -0.05) is 11.2 Å². The zero-order valence-electron chi connectivity index (χ0n) is 10.7. The predicted octanol–water partition coefficient (Wildman–Crippen LogP) is 2.70. The fraction of sp³-hybridized carbons (Fsp3) is 0.385. The third-order valence-electron chi connectivity index (χ3n) is 2.69. The van der Waals surface area contributed by atoms with Crippen LogP contribution in [0.15, 0.2) is 28.1 Å². The molecule has 102 valence electrons. The van der Waals surface area contributed by atoms with Crippen molar-refractivity contribution >= 4 is 17.3 Å². The molecule has 0 radical (unpaired) electrons. The molecule has 0 atom stereocenters. The molecular weight excluding hydrogens is 264 g/mol. The van der Waals surface area contributed by atoms with E-state index >= 15 is 0 Å². The van der Waals surface area contributed by atoms with Crippen LogP contribution in [0, 0.1) is 0 Å². The van der Waals surface area contributed by atoms with Crippen LogP contribution in [-0.4, -0.2) is 34.7 Å². The topological polar surface area (TPSA) is 66.6 Å². The molecule has 2 aromatic rings. The average Bonchev–Trinajstić information content (AvgIpc) is 2.97. The second kappa shape index (κ2) is 6.49. The molecule has 0 bridgehead atoms. The number of carboxylic acids is 1. The van der Waals surface area contributed by atoms with Crippen molar-refractivity contribution in [2.75, 3.05) is 13.6 Å². The molecule has 6 heteroatoms. The molecule has 0 aliphatic carbocycles. The summed E-state index contributed by atoms with van der Waals surface area (Å²) in [5.41, 5.74) is 0.862. The van der Waals surface area contributed by atoms with Crippen molar-refractivity contribution in [2.45, 2.75) is 19.4 Å². The van der Waals surface area contributed by atoms with Gasteiger partial charge in [0.25, 0.3) is 0 Å². The van der Waals surface area contributed by atoms with Crippen LogP contribution >= 0.6 is 11.3 Å². The maximum Gasteiger partial charge on any atom is 0.303 e. The van der Waals surface area contributed by atoms with Gasteiger partial charge < -0.3 is 14.5 Å². The maximum atomic E-state index is 10.4. The fourth-order valence-electron chi connectivity index (χ4n) is 1.78. The first-order valence-electron chi connectivity index (χ1n) is 6.05. The van der Waals surface area contributed by atoms with Crippen LogP contribution in [0.1, 0.15) is 18.5 Å². The number of rotatable bonds is 7. The lowest BCUT2D eigenvalue weighted by Crippen LogP contribution is -2.19. The van der Waals surface area contributed by atoms with Crippen LogP contribution in [-0.2, 0) is 11.3 Å². The Morgan fingerprint density at radius 1 is 1.58 bits per heavy atom. The van der Waals surface area contributed by atoms with Crippen molar-refractivity contribution in [3.8, 4) is 10.6 Å². The molecule has 0 aromatic carbocycles. The van der Waals surface area contributed by atoms with Crippen molar-refractivity contribution in [3.05, 3.63) is 29.3 Å². The minimum atomic E-state index is -0.755. The Morgan fingerprint density at radius 2 is 2.42 bits per heavy atom. The number of thiophene rings is 1. The Morgan fingerprint density at radius 3 is 3.11 bits per heavy atom. The summed E-state index contributed by atoms with van der Waals surface area (Å²) in [7, 11) is 1.95. The largest absolute Gasteiger partial charge is 0.481 e. The van der Waals surface area contributed by atoms with E-state index in [2.05, 4.69) is 5.16 Å². The Bertz CT molecular complexity index is 522. The van der Waals surface area contributed by atoms with E-state index < -0.39 is 5.97 Å². The van der Waals surface area contributed by atoms with Crippen LogP contribution in [0.2, 0.25) is 0 Å². The molecular formula is C13H16N2O3S. The quantitative estimate of drug-likeness (QED) is 0.844. The summed E-state index contributed by atoms with van der Waals surface area (Å²) in [6.07, 6.45) is 0.838. The van der Waals surface area contributed by atoms with Gasteiger partial charge in [0.2, 0.25) is 0 Å². The minimum absolute atomic E-state index is 0.198. The maximum absolute atomic E-state index is 10.4. The first kappa shape index (κ1) is 13.8. The lowest BCUT2D eigenvalue weighted by molar-refractivity contribution is -0.137. The smallest absolute Gasteiger partial charge is 0.303 e. The van der Waals surface area contributed by atoms with Gasteiger partial charge in [0, 0.05) is 19.0 Å². The molecule has 2 heterocycles. The van der Waals surface area contributed by atoms with Crippen molar-refractivity contribution in [3.63, 3.8) is 0 Å². The zero-order chi connectivity index (χ0) is 13.7. The minimum Gasteiger partial charge on any atom is -0.481 e. The van der Waals surface area contributed by atoms with E-state index in [1.165, 1.54) is 0 Å². The van der Waals surface area contributed by atoms with Gasteiger partial charge in [-0.25, -0.2) is 0 Å². The molecule has 0 aliphatic rings. The van der Waals surface area contributed by atoms with Crippen LogP contribution < -0.4 is 0 Å². The number of hydrogen-bond acceptors (Lipinski definition) is 5. The zero-order valence-corrected chi connectivity index (χ0v) is 11.5. The third kappa shape index (κ3) is 4.18. The number of nitrogens with zero attached hydrogens (tertiary/aromatic N) is 2. The van der Waals surface area contributed by atoms with Gasteiger partial charge in [0.05, 0.1) is 10.6 Å². The summed E-state index contributed by atoms with van der Waals surface area (Å²) in [4.78, 5) is 13.5. The highest BCUT2D eigenvalue weighted by molar-refractivity contribution is 7.13. The molecule has 2 rings (SSSR count). The van der Waals surface area contributed by atoms with E-state index in [4.69, 9.17) is 9.63 Å². The first-order valence-corrected chi connectivity index (χ1v) is 6.93. The SMILES string of the molecule is CN(CCCC(=O)O)Cc1cc(-c2cccs2)on1. The second-order valence-corrected chi connectivity index (χ2v) is 5.34. The average molecular weight is 280 g/mol. The van der Waals surface area contributed by atoms with Crippen LogP contribution in [0.3, 0.4) is 0 Å². The van der Waals surface area contributed by atoms with Crippen molar-refractivity contribution in [2.24, 2.45) is 0 Å². The van der Waals surface area contributed by atoms with Gasteiger partial charge in [-0.05, 0) is 31.5 Å². The van der Waals surface area contributed by atoms with Gasteiger partial charge in [0.15, 0.2) is 5.76 Å². The molecule has 1 N–H and O–H groups in total. The molecule has 0 saturated heterocycles. The number of carboxylic acid groups (broad SMARTS) is 1. The second-order valence-electron chi connectivity index (χ2n) is 4.39. The van der Waals surface area contributed by atoms with E-state index in [9.17, 15) is 4.79 Å². The molecule has 0 fully saturated rings. The molecule has 0 aliphatic heterocycles. The fourth-order valence-corrected chi connectivity index (χ4v) is 2.45. The summed E-state index contributed by atoms with van der Waals surface area (Å²) >= 11 is 1.61. The normalized spacial score (nSPS) is 11.1. The Labute approximate surface area is 115 Å². The van der Waals surface area contributed by atoms with Gasteiger partial charge in [-0.15, -0.1) is 11.3 Å². The molecule has 0 amide bonds. The van der Waals surface area contributed by atoms with Crippen molar-refractivity contribution < 1.29 is 14.4 Å². The summed E-state index contributed by atoms with van der Waals surface area (Å²) in [5.74, 6) is 0.0266. The van der Waals surface area contributed by atoms with Gasteiger partial charge >= 0.3 is 5.97 Å². The Kier molecular flexibility index (Phi) is 4.70. The van der Waals surface area contributed by atoms with Gasteiger partial charge in [-0.2, -0.15) is 0 Å². The Hall–Kier alpha value is -1.66. The monoisotopic (exact) mass is 280 g/mol. The molecule has 5 nitrogen and oxygen atoms in total. The number of aromatic nitrogens is 1. The highest BCUT2D eigenvalue weighted by Gasteiger charge is 2.09. The summed E-state index contributed by atoms with van der Waals surface area (Å²) in [6.45, 7) is 1.39. The van der Waals surface area contributed by atoms with E-state index in [0.717, 1.165) is 22.9 Å². The van der Waals surface area contributed by atoms with E-state index in [-0.39, 0.29) is 6.42 Å². The number of carbonyl (C=O) groups is 1. The molecule has 0 spiro atoms. The van der Waals surface area contributed by atoms with Crippen LogP contribution in [0.25, 0.3) is 10.6 Å². The Balaban J connectivity index is 1.84. The van der Waals surface area contributed by atoms with E-state index in [1.807, 2.05) is 35.5 Å². The van der Waals surface area contributed by atoms with Crippen molar-refractivity contribution in [1.29, 1.82) is 0 Å².